The maximum Gasteiger partial charge on any atom is 0.233 e. The van der Waals surface area contributed by atoms with Crippen LogP contribution in [-0.2, 0) is 16.0 Å². The van der Waals surface area contributed by atoms with Gasteiger partial charge >= 0.3 is 0 Å². The van der Waals surface area contributed by atoms with E-state index in [1.165, 1.54) is 22.7 Å². The van der Waals surface area contributed by atoms with Gasteiger partial charge in [0.2, 0.25) is 22.1 Å². The van der Waals surface area contributed by atoms with Crippen molar-refractivity contribution in [2.45, 2.75) is 57.3 Å². The Morgan fingerprint density at radius 3 is 2.08 bits per heavy atom. The Labute approximate surface area is 228 Å². The predicted octanol–water partition coefficient (Wildman–Crippen LogP) is 4.79. The fraction of sp³-hybridized carbons (Fsp3) is 0.385. The number of hydrogen-bond donors (Lipinski definition) is 2. The fourth-order valence-corrected chi connectivity index (χ4v) is 6.31. The van der Waals surface area contributed by atoms with Crippen LogP contribution in [0.2, 0.25) is 0 Å². The molecule has 0 radical (unpaired) electrons. The van der Waals surface area contributed by atoms with Gasteiger partial charge < -0.3 is 10.6 Å². The van der Waals surface area contributed by atoms with Gasteiger partial charge in [-0.25, -0.2) is 0 Å². The lowest BCUT2D eigenvalue weighted by molar-refractivity contribution is -0.118. The van der Waals surface area contributed by atoms with E-state index in [0.717, 1.165) is 46.8 Å². The zero-order chi connectivity index (χ0) is 26.5. The molecule has 0 spiro atoms. The number of carbonyl (C=O) groups excluding carboxylic acids is 2. The number of carbonyl (C=O) groups is 2. The van der Waals surface area contributed by atoms with Gasteiger partial charge in [0.1, 0.15) is 10.0 Å². The SMILES string of the molecule is C[C@H](C(=O)Nc1nnc(C[C@@H]2CC[C@H](c3nnc(NC(=O)[C@@H](C)c4cccnc4)s3)C2)s1)c1cccnc1. The van der Waals surface area contributed by atoms with Crippen LogP contribution in [0.3, 0.4) is 0 Å². The molecular weight excluding hydrogens is 520 g/mol. The molecule has 12 heteroatoms. The number of rotatable bonds is 9. The number of nitrogens with zero attached hydrogens (tertiary/aromatic N) is 6. The summed E-state index contributed by atoms with van der Waals surface area (Å²) in [7, 11) is 0. The summed E-state index contributed by atoms with van der Waals surface area (Å²) in [5.74, 6) is -0.141. The summed E-state index contributed by atoms with van der Waals surface area (Å²) in [4.78, 5) is 33.4. The molecule has 2 amide bonds. The lowest BCUT2D eigenvalue weighted by Gasteiger charge is -2.10. The monoisotopic (exact) mass is 548 g/mol. The summed E-state index contributed by atoms with van der Waals surface area (Å²) in [5.41, 5.74) is 1.71. The maximum atomic E-state index is 12.6. The zero-order valence-electron chi connectivity index (χ0n) is 21.1. The highest BCUT2D eigenvalue weighted by Crippen LogP contribution is 2.41. The summed E-state index contributed by atoms with van der Waals surface area (Å²) >= 11 is 2.87. The van der Waals surface area contributed by atoms with Gasteiger partial charge in [-0.1, -0.05) is 34.8 Å². The van der Waals surface area contributed by atoms with E-state index in [1.54, 1.807) is 24.8 Å². The van der Waals surface area contributed by atoms with Crippen LogP contribution in [-0.4, -0.2) is 42.2 Å². The first-order valence-electron chi connectivity index (χ1n) is 12.5. The molecule has 4 heterocycles. The molecule has 1 fully saturated rings. The van der Waals surface area contributed by atoms with Crippen molar-refractivity contribution in [1.82, 2.24) is 30.4 Å². The minimum atomic E-state index is -0.327. The van der Waals surface area contributed by atoms with Gasteiger partial charge in [0.05, 0.1) is 11.8 Å². The Kier molecular flexibility index (Phi) is 8.08. The molecule has 38 heavy (non-hydrogen) atoms. The average Bonchev–Trinajstić information content (AvgIpc) is 3.71. The number of pyridine rings is 2. The van der Waals surface area contributed by atoms with Crippen molar-refractivity contribution in [1.29, 1.82) is 0 Å². The van der Waals surface area contributed by atoms with E-state index in [-0.39, 0.29) is 23.7 Å². The molecule has 1 aliphatic carbocycles. The van der Waals surface area contributed by atoms with Gasteiger partial charge in [-0.15, -0.1) is 20.4 Å². The Hall–Kier alpha value is -3.64. The molecule has 0 unspecified atom stereocenters. The lowest BCUT2D eigenvalue weighted by Crippen LogP contribution is -2.18. The van der Waals surface area contributed by atoms with E-state index >= 15 is 0 Å². The van der Waals surface area contributed by atoms with E-state index in [9.17, 15) is 9.59 Å². The summed E-state index contributed by atoms with van der Waals surface area (Å²) in [6.07, 6.45) is 10.6. The Balaban J connectivity index is 1.11. The van der Waals surface area contributed by atoms with Gasteiger partial charge in [0.15, 0.2) is 0 Å². The van der Waals surface area contributed by atoms with Crippen LogP contribution < -0.4 is 10.6 Å². The van der Waals surface area contributed by atoms with E-state index in [4.69, 9.17) is 0 Å². The van der Waals surface area contributed by atoms with Crippen molar-refractivity contribution in [3.8, 4) is 0 Å². The molecule has 0 aliphatic heterocycles. The predicted molar refractivity (Wildman–Crippen MR) is 146 cm³/mol. The van der Waals surface area contributed by atoms with Crippen molar-refractivity contribution in [3.63, 3.8) is 0 Å². The molecule has 10 nitrogen and oxygen atoms in total. The van der Waals surface area contributed by atoms with Crippen molar-refractivity contribution in [3.05, 3.63) is 70.2 Å². The van der Waals surface area contributed by atoms with Crippen LogP contribution >= 0.6 is 22.7 Å². The highest BCUT2D eigenvalue weighted by atomic mass is 32.1. The fourth-order valence-electron chi connectivity index (χ4n) is 4.56. The van der Waals surface area contributed by atoms with Crippen molar-refractivity contribution < 1.29 is 9.59 Å². The third-order valence-electron chi connectivity index (χ3n) is 6.88. The largest absolute Gasteiger partial charge is 0.300 e. The Morgan fingerprint density at radius 2 is 1.47 bits per heavy atom. The first-order chi connectivity index (χ1) is 18.5. The molecule has 4 aromatic rings. The first-order valence-corrected chi connectivity index (χ1v) is 14.2. The molecule has 0 aromatic carbocycles. The summed E-state index contributed by atoms with van der Waals surface area (Å²) < 4.78 is 0. The van der Waals surface area contributed by atoms with E-state index in [2.05, 4.69) is 41.0 Å². The quantitative estimate of drug-likeness (QED) is 0.305. The first kappa shape index (κ1) is 26.0. The molecule has 4 aromatic heterocycles. The van der Waals surface area contributed by atoms with Crippen LogP contribution in [0.15, 0.2) is 49.1 Å². The smallest absolute Gasteiger partial charge is 0.233 e. The van der Waals surface area contributed by atoms with Gasteiger partial charge in [-0.05, 0) is 62.3 Å². The standard InChI is InChI=1S/C26H28N8O2S2/c1-15(19-5-3-9-27-13-19)22(35)29-25-33-31-21(37-25)12-17-7-8-18(11-17)24-32-34-26(38-24)30-23(36)16(2)20-6-4-10-28-14-20/h3-6,9-10,13-18H,7-8,11-12H2,1-2H3,(H,29,33,35)(H,30,34,36)/t15-,16-,17+,18-/m0/s1. The minimum absolute atomic E-state index is 0.126. The van der Waals surface area contributed by atoms with E-state index < -0.39 is 0 Å². The highest BCUT2D eigenvalue weighted by Gasteiger charge is 2.30. The van der Waals surface area contributed by atoms with Crippen molar-refractivity contribution in [2.75, 3.05) is 10.6 Å². The van der Waals surface area contributed by atoms with Crippen molar-refractivity contribution >= 4 is 44.8 Å². The Bertz CT molecular complexity index is 1380. The number of amides is 2. The zero-order valence-corrected chi connectivity index (χ0v) is 22.7. The van der Waals surface area contributed by atoms with Crippen LogP contribution in [0.5, 0.6) is 0 Å². The third kappa shape index (κ3) is 6.25. The second kappa shape index (κ2) is 11.8. The summed E-state index contributed by atoms with van der Waals surface area (Å²) in [5, 5.41) is 25.7. The highest BCUT2D eigenvalue weighted by molar-refractivity contribution is 7.15. The number of hydrogen-bond acceptors (Lipinski definition) is 10. The molecule has 0 bridgehead atoms. The molecule has 4 atom stereocenters. The van der Waals surface area contributed by atoms with Crippen LogP contribution in [0.1, 0.15) is 72.0 Å². The Morgan fingerprint density at radius 1 is 0.868 bits per heavy atom. The average molecular weight is 549 g/mol. The van der Waals surface area contributed by atoms with Crippen LogP contribution in [0.25, 0.3) is 0 Å². The molecule has 0 saturated heterocycles. The number of aromatic nitrogens is 6. The molecule has 1 aliphatic rings. The third-order valence-corrected chi connectivity index (χ3v) is 8.74. The number of anilines is 2. The molecular formula is C26H28N8O2S2. The van der Waals surface area contributed by atoms with Gasteiger partial charge in [0, 0.05) is 37.1 Å². The van der Waals surface area contributed by atoms with Gasteiger partial charge in [0.25, 0.3) is 0 Å². The molecule has 196 valence electrons. The topological polar surface area (TPSA) is 136 Å². The summed E-state index contributed by atoms with van der Waals surface area (Å²) in [6.45, 7) is 3.69. The lowest BCUT2D eigenvalue weighted by atomic mass is 10.0. The maximum absolute atomic E-state index is 12.6. The van der Waals surface area contributed by atoms with Crippen molar-refractivity contribution in [2.24, 2.45) is 5.92 Å². The molecule has 2 N–H and O–H groups in total. The number of nitrogens with one attached hydrogen (secondary N) is 2. The van der Waals surface area contributed by atoms with E-state index in [1.807, 2.05) is 38.1 Å². The summed E-state index contributed by atoms with van der Waals surface area (Å²) in [6, 6.07) is 7.41. The van der Waals surface area contributed by atoms with E-state index in [0.29, 0.717) is 22.1 Å². The normalized spacial score (nSPS) is 18.6. The van der Waals surface area contributed by atoms with Gasteiger partial charge in [-0.3, -0.25) is 19.6 Å². The van der Waals surface area contributed by atoms with Gasteiger partial charge in [-0.2, -0.15) is 0 Å². The molecule has 1 saturated carbocycles. The van der Waals surface area contributed by atoms with Crippen LogP contribution in [0, 0.1) is 5.92 Å². The minimum Gasteiger partial charge on any atom is -0.300 e. The second-order valence-corrected chi connectivity index (χ2v) is 11.6. The van der Waals surface area contributed by atoms with Crippen LogP contribution in [0.4, 0.5) is 10.3 Å². The molecule has 5 rings (SSSR count). The second-order valence-electron chi connectivity index (χ2n) is 9.52.